The standard InChI is InChI=1S/C84H52B2N6O/c1-7-25-53(26-8-1)87(54-27-9-2-10-28-54)59-45-75-81-77(47-59)91-71-43-21-19-37-61(71)63-39-23-41-67(83(63)91)85(81)69-49-65-66-50-70-74(52-80(66)93-79(65)51-73(69)89(75)57-33-15-5-16-34-57)90(58-35-17-6-18-36-58)76-46-60(88(55-29-11-3-12-30-55)56-31-13-4-14-32-56)48-78-82(76)86(70)68-42-24-40-64-62-38-20-22-44-72(62)92(78)84(64)68/h1-52H. The van der Waals surface area contributed by atoms with Gasteiger partial charge < -0.3 is 33.2 Å². The van der Waals surface area contributed by atoms with E-state index in [2.05, 4.69) is 344 Å². The Bertz CT molecular complexity index is 5530. The van der Waals surface area contributed by atoms with Crippen LogP contribution in [-0.4, -0.2) is 22.6 Å². The Morgan fingerprint density at radius 1 is 0.247 bits per heavy atom. The molecular formula is C84H52B2N6O. The SMILES string of the molecule is c1ccc(N(c2ccccc2)c2cc3c4c(c2)-n2c5ccccc5c5cccc(c52)B4c2cc4c(cc2N3c2ccccc2)oc2cc3c(cc24)B2c4c(cc(N(c5ccccc5)c5ccccc5)cc4-n4c5ccccc5c5cccc2c54)N3c2ccccc2)cc1. The van der Waals surface area contributed by atoms with Crippen LogP contribution in [0.15, 0.2) is 320 Å². The van der Waals surface area contributed by atoms with E-state index in [1.807, 2.05) is 0 Å². The van der Waals surface area contributed by atoms with Crippen LogP contribution in [0.5, 0.6) is 0 Å². The molecule has 0 spiro atoms. The van der Waals surface area contributed by atoms with Crippen LogP contribution in [0.25, 0.3) is 76.9 Å². The molecule has 0 aliphatic carbocycles. The fraction of sp³-hybridized carbons (Fsp3) is 0. The van der Waals surface area contributed by atoms with Crippen molar-refractivity contribution in [2.24, 2.45) is 0 Å². The zero-order chi connectivity index (χ0) is 60.6. The van der Waals surface area contributed by atoms with E-state index in [1.54, 1.807) is 0 Å². The molecule has 0 atom stereocenters. The first-order valence-electron chi connectivity index (χ1n) is 32.1. The van der Waals surface area contributed by atoms with Gasteiger partial charge in [0, 0.05) is 124 Å². The highest BCUT2D eigenvalue weighted by molar-refractivity contribution is 7.01. The third-order valence-electron chi connectivity index (χ3n) is 20.3. The van der Waals surface area contributed by atoms with Crippen LogP contribution in [0.1, 0.15) is 0 Å². The molecule has 0 bridgehead atoms. The number of para-hydroxylation sites is 10. The van der Waals surface area contributed by atoms with Gasteiger partial charge in [-0.3, -0.25) is 0 Å². The molecule has 0 fully saturated rings. The molecule has 21 rings (SSSR count). The lowest BCUT2D eigenvalue weighted by Crippen LogP contribution is -2.60. The number of nitrogens with zero attached hydrogens (tertiary/aromatic N) is 6. The minimum absolute atomic E-state index is 0.130. The second kappa shape index (κ2) is 19.2. The van der Waals surface area contributed by atoms with E-state index in [4.69, 9.17) is 4.42 Å². The Labute approximate surface area is 536 Å². The van der Waals surface area contributed by atoms with E-state index in [1.165, 1.54) is 87.8 Å². The first kappa shape index (κ1) is 50.6. The lowest BCUT2D eigenvalue weighted by atomic mass is 9.33. The van der Waals surface area contributed by atoms with Crippen LogP contribution in [-0.2, 0) is 0 Å². The van der Waals surface area contributed by atoms with Crippen LogP contribution in [0.4, 0.5) is 68.2 Å². The van der Waals surface area contributed by atoms with Gasteiger partial charge in [0.2, 0.25) is 0 Å². The van der Waals surface area contributed by atoms with Crippen LogP contribution < -0.4 is 52.4 Å². The third-order valence-corrected chi connectivity index (χ3v) is 20.3. The zero-order valence-electron chi connectivity index (χ0n) is 50.3. The molecule has 0 saturated heterocycles. The summed E-state index contributed by atoms with van der Waals surface area (Å²) in [6.45, 7) is -0.260. The van der Waals surface area contributed by atoms with Gasteiger partial charge in [-0.2, -0.15) is 0 Å². The Morgan fingerprint density at radius 3 is 0.968 bits per heavy atom. The normalized spacial score (nSPS) is 13.1. The van der Waals surface area contributed by atoms with Gasteiger partial charge in [0.1, 0.15) is 11.2 Å². The molecule has 0 radical (unpaired) electrons. The maximum absolute atomic E-state index is 7.53. The number of aromatic nitrogens is 2. The molecule has 9 heteroatoms. The van der Waals surface area contributed by atoms with E-state index in [0.29, 0.717) is 0 Å². The molecule has 0 unspecified atom stereocenters. The topological polar surface area (TPSA) is 36.0 Å². The van der Waals surface area contributed by atoms with E-state index in [-0.39, 0.29) is 13.4 Å². The number of benzene rings is 14. The molecule has 17 aromatic rings. The fourth-order valence-electron chi connectivity index (χ4n) is 16.7. The number of rotatable bonds is 8. The predicted molar refractivity (Wildman–Crippen MR) is 390 cm³/mol. The molecule has 0 saturated carbocycles. The van der Waals surface area contributed by atoms with Crippen molar-refractivity contribution in [1.82, 2.24) is 9.13 Å². The largest absolute Gasteiger partial charge is 0.456 e. The second-order valence-electron chi connectivity index (χ2n) is 25.1. The van der Waals surface area contributed by atoms with E-state index >= 15 is 0 Å². The molecule has 14 aromatic carbocycles. The van der Waals surface area contributed by atoms with Gasteiger partial charge in [-0.25, -0.2) is 0 Å². The van der Waals surface area contributed by atoms with Crippen LogP contribution in [0.2, 0.25) is 0 Å². The summed E-state index contributed by atoms with van der Waals surface area (Å²) >= 11 is 0. The van der Waals surface area contributed by atoms with Crippen LogP contribution in [0, 0.1) is 0 Å². The molecule has 93 heavy (non-hydrogen) atoms. The maximum Gasteiger partial charge on any atom is 0.252 e. The Hall–Kier alpha value is -12.2. The molecule has 4 aliphatic rings. The fourth-order valence-corrected chi connectivity index (χ4v) is 16.7. The van der Waals surface area contributed by atoms with Gasteiger partial charge in [0.05, 0.1) is 22.4 Å². The predicted octanol–water partition coefficient (Wildman–Crippen LogP) is 17.9. The van der Waals surface area contributed by atoms with Gasteiger partial charge in [-0.05, 0) is 142 Å². The highest BCUT2D eigenvalue weighted by Crippen LogP contribution is 2.50. The minimum atomic E-state index is -0.130. The van der Waals surface area contributed by atoms with Gasteiger partial charge in [-0.15, -0.1) is 0 Å². The molecule has 4 aliphatic heterocycles. The Balaban J connectivity index is 0.856. The average Bonchev–Trinajstić information content (AvgIpc) is 1.65. The Morgan fingerprint density at radius 2 is 0.581 bits per heavy atom. The molecule has 430 valence electrons. The van der Waals surface area contributed by atoms with Crippen molar-refractivity contribution in [2.45, 2.75) is 0 Å². The number of hydrogen-bond donors (Lipinski definition) is 0. The molecule has 3 aromatic heterocycles. The minimum Gasteiger partial charge on any atom is -0.456 e. The van der Waals surface area contributed by atoms with Crippen molar-refractivity contribution in [3.63, 3.8) is 0 Å². The molecule has 7 heterocycles. The van der Waals surface area contributed by atoms with E-state index in [9.17, 15) is 0 Å². The maximum atomic E-state index is 7.53. The zero-order valence-corrected chi connectivity index (χ0v) is 50.3. The van der Waals surface area contributed by atoms with Crippen molar-refractivity contribution in [2.75, 3.05) is 19.6 Å². The summed E-state index contributed by atoms with van der Waals surface area (Å²) in [5, 5.41) is 7.17. The van der Waals surface area contributed by atoms with Crippen molar-refractivity contribution >= 4 is 180 Å². The number of furan rings is 1. The highest BCUT2D eigenvalue weighted by Gasteiger charge is 2.46. The monoisotopic (exact) mass is 1180 g/mol. The molecule has 0 N–H and O–H groups in total. The van der Waals surface area contributed by atoms with Crippen molar-refractivity contribution in [3.8, 4) is 11.4 Å². The first-order chi connectivity index (χ1) is 46.2. The van der Waals surface area contributed by atoms with Crippen LogP contribution in [0.3, 0.4) is 0 Å². The van der Waals surface area contributed by atoms with Gasteiger partial charge in [0.25, 0.3) is 13.4 Å². The number of hydrogen-bond acceptors (Lipinski definition) is 5. The first-order valence-corrected chi connectivity index (χ1v) is 32.1. The van der Waals surface area contributed by atoms with Gasteiger partial charge in [0.15, 0.2) is 0 Å². The summed E-state index contributed by atoms with van der Waals surface area (Å²) in [6.07, 6.45) is 0. The van der Waals surface area contributed by atoms with Crippen LogP contribution >= 0.6 is 0 Å². The van der Waals surface area contributed by atoms with Gasteiger partial charge in [-0.1, -0.05) is 194 Å². The van der Waals surface area contributed by atoms with Crippen molar-refractivity contribution in [3.05, 3.63) is 315 Å². The summed E-state index contributed by atoms with van der Waals surface area (Å²) in [5.41, 5.74) is 29.5. The summed E-state index contributed by atoms with van der Waals surface area (Å²) in [6, 6.07) is 117. The molecule has 0 amide bonds. The van der Waals surface area contributed by atoms with Crippen molar-refractivity contribution in [1.29, 1.82) is 0 Å². The summed E-state index contributed by atoms with van der Waals surface area (Å²) < 4.78 is 12.7. The quantitative estimate of drug-likeness (QED) is 0.142. The smallest absolute Gasteiger partial charge is 0.252 e. The summed E-state index contributed by atoms with van der Waals surface area (Å²) in [4.78, 5) is 9.85. The molecule has 7 nitrogen and oxygen atoms in total. The summed E-state index contributed by atoms with van der Waals surface area (Å²) in [7, 11) is 0. The lowest BCUT2D eigenvalue weighted by Gasteiger charge is -2.41. The Kier molecular flexibility index (Phi) is 10.4. The number of anilines is 12. The second-order valence-corrected chi connectivity index (χ2v) is 25.1. The third kappa shape index (κ3) is 7.05. The highest BCUT2D eigenvalue weighted by atomic mass is 16.3. The summed E-state index contributed by atoms with van der Waals surface area (Å²) in [5.74, 6) is 0. The van der Waals surface area contributed by atoms with Gasteiger partial charge >= 0.3 is 0 Å². The molecular weight excluding hydrogens is 1130 g/mol. The van der Waals surface area contributed by atoms with E-state index < -0.39 is 0 Å². The van der Waals surface area contributed by atoms with Crippen molar-refractivity contribution < 1.29 is 4.42 Å². The average molecular weight is 1180 g/mol. The number of fused-ring (bicyclic) bond motifs is 17. The lowest BCUT2D eigenvalue weighted by molar-refractivity contribution is 0.669. The van der Waals surface area contributed by atoms with E-state index in [0.717, 1.165) is 90.2 Å².